The molecule has 0 bridgehead atoms. The first-order chi connectivity index (χ1) is 18.7. The van der Waals surface area contributed by atoms with Crippen molar-refractivity contribution in [1.82, 2.24) is 5.32 Å². The Morgan fingerprint density at radius 1 is 0.658 bits per heavy atom. The van der Waals surface area contributed by atoms with Gasteiger partial charge in [0.05, 0.1) is 12.0 Å². The zero-order valence-electron chi connectivity index (χ0n) is 21.6. The van der Waals surface area contributed by atoms with Crippen LogP contribution in [0, 0.1) is 0 Å². The molecule has 6 nitrogen and oxygen atoms in total. The van der Waals surface area contributed by atoms with Gasteiger partial charge < -0.3 is 24.3 Å². The Morgan fingerprint density at radius 2 is 1.13 bits per heavy atom. The zero-order chi connectivity index (χ0) is 26.4. The van der Waals surface area contributed by atoms with Crippen LogP contribution in [0.1, 0.15) is 22.3 Å². The lowest BCUT2D eigenvalue weighted by atomic mass is 9.68. The molecular weight excluding hydrogens is 478 g/mol. The van der Waals surface area contributed by atoms with Crippen molar-refractivity contribution in [2.45, 2.75) is 5.41 Å². The first-order valence-electron chi connectivity index (χ1n) is 12.7. The van der Waals surface area contributed by atoms with E-state index in [1.807, 2.05) is 24.3 Å². The van der Waals surface area contributed by atoms with Gasteiger partial charge in [0.25, 0.3) is 0 Å². The van der Waals surface area contributed by atoms with Crippen LogP contribution >= 0.6 is 0 Å². The van der Waals surface area contributed by atoms with Crippen LogP contribution in [0.5, 0.6) is 11.5 Å². The van der Waals surface area contributed by atoms with Gasteiger partial charge in [0.2, 0.25) is 0 Å². The van der Waals surface area contributed by atoms with Gasteiger partial charge in [0.1, 0.15) is 31.3 Å². The second kappa shape index (κ2) is 11.4. The summed E-state index contributed by atoms with van der Waals surface area (Å²) < 4.78 is 21.8. The largest absolute Gasteiger partial charge is 0.491 e. The lowest BCUT2D eigenvalue weighted by molar-refractivity contribution is 0.127. The van der Waals surface area contributed by atoms with Crippen molar-refractivity contribution in [2.24, 2.45) is 0 Å². The van der Waals surface area contributed by atoms with E-state index in [-0.39, 0.29) is 13.2 Å². The maximum Gasteiger partial charge on any atom is 0.406 e. The molecule has 0 radical (unpaired) electrons. The minimum atomic E-state index is -0.501. The molecule has 1 amide bonds. The molecule has 0 unspecified atom stereocenters. The number of fused-ring (bicyclic) bond motifs is 3. The maximum absolute atomic E-state index is 11.3. The molecule has 0 fully saturated rings. The van der Waals surface area contributed by atoms with Gasteiger partial charge in [0, 0.05) is 14.2 Å². The van der Waals surface area contributed by atoms with E-state index < -0.39 is 11.5 Å². The molecule has 6 heteroatoms. The number of nitrogens with one attached hydrogen (secondary N) is 1. The first-order valence-corrected chi connectivity index (χ1v) is 12.7. The lowest BCUT2D eigenvalue weighted by Gasteiger charge is -2.34. The molecule has 0 atom stereocenters. The summed E-state index contributed by atoms with van der Waals surface area (Å²) in [7, 11) is 3.19. The van der Waals surface area contributed by atoms with Gasteiger partial charge in [-0.05, 0) is 57.6 Å². The average Bonchev–Trinajstić information content (AvgIpc) is 3.27. The van der Waals surface area contributed by atoms with Crippen LogP contribution < -0.4 is 14.8 Å². The SMILES string of the molecule is CNC(=O)OCCOc1ccc(C2(c3ccc(OCCOC)cc3)c3ccccc3-c3ccccc32)cc1. The standard InChI is InChI=1S/C32H31NO5/c1-33-31(34)38-22-21-37-26-17-13-24(14-18-26)32(23-11-15-25(16-12-23)36-20-19-35-2)29-9-5-3-7-27(29)28-8-4-6-10-30(28)32/h3-18H,19-22H2,1-2H3,(H,33,34). The number of carbonyl (C=O) groups excluding carboxylic acids is 1. The summed E-state index contributed by atoms with van der Waals surface area (Å²) in [5.74, 6) is 1.52. The monoisotopic (exact) mass is 509 g/mol. The molecule has 4 aromatic carbocycles. The third-order valence-electron chi connectivity index (χ3n) is 6.87. The summed E-state index contributed by atoms with van der Waals surface area (Å²) in [6.07, 6.45) is -0.473. The lowest BCUT2D eigenvalue weighted by Crippen LogP contribution is -2.28. The average molecular weight is 510 g/mol. The Labute approximate surface area is 223 Å². The number of benzene rings is 4. The van der Waals surface area contributed by atoms with Crippen LogP contribution in [-0.2, 0) is 14.9 Å². The molecule has 0 aromatic heterocycles. The van der Waals surface area contributed by atoms with Crippen LogP contribution in [0.3, 0.4) is 0 Å². The minimum Gasteiger partial charge on any atom is -0.491 e. The van der Waals surface area contributed by atoms with E-state index in [0.29, 0.717) is 19.0 Å². The number of alkyl carbamates (subject to hydrolysis) is 1. The number of amides is 1. The Balaban J connectivity index is 1.54. The third-order valence-corrected chi connectivity index (χ3v) is 6.87. The normalized spacial score (nSPS) is 12.8. The molecule has 0 spiro atoms. The molecular formula is C32H31NO5. The van der Waals surface area contributed by atoms with E-state index in [1.165, 1.54) is 29.3 Å². The van der Waals surface area contributed by atoms with Crippen molar-refractivity contribution in [3.05, 3.63) is 119 Å². The Kier molecular flexibility index (Phi) is 7.61. The molecule has 1 N–H and O–H groups in total. The number of hydrogen-bond acceptors (Lipinski definition) is 5. The molecule has 38 heavy (non-hydrogen) atoms. The molecule has 0 heterocycles. The van der Waals surface area contributed by atoms with E-state index in [4.69, 9.17) is 18.9 Å². The van der Waals surface area contributed by atoms with Crippen LogP contribution in [0.4, 0.5) is 4.79 Å². The fraction of sp³-hybridized carbons (Fsp3) is 0.219. The fourth-order valence-corrected chi connectivity index (χ4v) is 5.23. The second-order valence-corrected chi connectivity index (χ2v) is 8.97. The summed E-state index contributed by atoms with van der Waals surface area (Å²) >= 11 is 0. The first kappa shape index (κ1) is 25.4. The zero-order valence-corrected chi connectivity index (χ0v) is 21.6. The highest BCUT2D eigenvalue weighted by molar-refractivity contribution is 5.86. The highest BCUT2D eigenvalue weighted by atomic mass is 16.6. The van der Waals surface area contributed by atoms with Crippen molar-refractivity contribution >= 4 is 6.09 Å². The van der Waals surface area contributed by atoms with E-state index in [9.17, 15) is 4.79 Å². The van der Waals surface area contributed by atoms with E-state index >= 15 is 0 Å². The van der Waals surface area contributed by atoms with Crippen molar-refractivity contribution in [3.63, 3.8) is 0 Å². The minimum absolute atomic E-state index is 0.172. The molecule has 0 saturated carbocycles. The molecule has 1 aliphatic carbocycles. The number of hydrogen-bond donors (Lipinski definition) is 1. The van der Waals surface area contributed by atoms with Crippen molar-refractivity contribution in [1.29, 1.82) is 0 Å². The second-order valence-electron chi connectivity index (χ2n) is 8.97. The van der Waals surface area contributed by atoms with Gasteiger partial charge in [0.15, 0.2) is 0 Å². The smallest absolute Gasteiger partial charge is 0.406 e. The summed E-state index contributed by atoms with van der Waals surface area (Å²) in [4.78, 5) is 11.3. The van der Waals surface area contributed by atoms with Gasteiger partial charge in [-0.15, -0.1) is 0 Å². The van der Waals surface area contributed by atoms with E-state index in [0.717, 1.165) is 16.9 Å². The Bertz CT molecular complexity index is 1340. The topological polar surface area (TPSA) is 66.0 Å². The van der Waals surface area contributed by atoms with Crippen LogP contribution in [-0.4, -0.2) is 46.7 Å². The number of ether oxygens (including phenoxy) is 4. The highest BCUT2D eigenvalue weighted by Gasteiger charge is 2.45. The Hall–Kier alpha value is -4.29. The van der Waals surface area contributed by atoms with Crippen molar-refractivity contribution in [3.8, 4) is 22.6 Å². The summed E-state index contributed by atoms with van der Waals surface area (Å²) in [5, 5.41) is 2.42. The summed E-state index contributed by atoms with van der Waals surface area (Å²) in [6.45, 7) is 1.49. The molecule has 1 aliphatic rings. The third kappa shape index (κ3) is 4.71. The predicted molar refractivity (Wildman–Crippen MR) is 147 cm³/mol. The fourth-order valence-electron chi connectivity index (χ4n) is 5.23. The van der Waals surface area contributed by atoms with Gasteiger partial charge in [-0.1, -0.05) is 72.8 Å². The molecule has 194 valence electrons. The Morgan fingerprint density at radius 3 is 1.61 bits per heavy atom. The number of methoxy groups -OCH3 is 1. The summed E-state index contributed by atoms with van der Waals surface area (Å²) in [5.41, 5.74) is 6.73. The maximum atomic E-state index is 11.3. The molecule has 0 aliphatic heterocycles. The predicted octanol–water partition coefficient (Wildman–Crippen LogP) is 5.81. The summed E-state index contributed by atoms with van der Waals surface area (Å²) in [6, 6.07) is 33.8. The van der Waals surface area contributed by atoms with Gasteiger partial charge in [-0.2, -0.15) is 0 Å². The van der Waals surface area contributed by atoms with E-state index in [2.05, 4.69) is 78.1 Å². The van der Waals surface area contributed by atoms with Crippen LogP contribution in [0.25, 0.3) is 11.1 Å². The number of rotatable bonds is 10. The molecule has 5 rings (SSSR count). The van der Waals surface area contributed by atoms with Gasteiger partial charge >= 0.3 is 6.09 Å². The molecule has 4 aromatic rings. The van der Waals surface area contributed by atoms with Crippen molar-refractivity contribution < 1.29 is 23.7 Å². The van der Waals surface area contributed by atoms with Gasteiger partial charge in [-0.25, -0.2) is 4.79 Å². The number of carbonyl (C=O) groups is 1. The van der Waals surface area contributed by atoms with Crippen molar-refractivity contribution in [2.75, 3.05) is 40.6 Å². The van der Waals surface area contributed by atoms with E-state index in [1.54, 1.807) is 7.11 Å². The van der Waals surface area contributed by atoms with Crippen LogP contribution in [0.15, 0.2) is 97.1 Å². The van der Waals surface area contributed by atoms with Crippen LogP contribution in [0.2, 0.25) is 0 Å². The van der Waals surface area contributed by atoms with Gasteiger partial charge in [-0.3, -0.25) is 0 Å². The molecule has 0 saturated heterocycles. The highest BCUT2D eigenvalue weighted by Crippen LogP contribution is 2.56. The quantitative estimate of drug-likeness (QED) is 0.241.